The second-order valence-electron chi connectivity index (χ2n) is 6.02. The molecule has 27 heavy (non-hydrogen) atoms. The van der Waals surface area contributed by atoms with Gasteiger partial charge in [-0.05, 0) is 11.1 Å². The summed E-state index contributed by atoms with van der Waals surface area (Å²) in [5.74, 6) is -1.51. The number of Topliss-reactive ketones (excluding diaryl/α,β-unsaturated/α-hetero) is 3. The van der Waals surface area contributed by atoms with Crippen LogP contribution < -0.4 is 22.5 Å². The average Bonchev–Trinajstić information content (AvgIpc) is 2.73. The van der Waals surface area contributed by atoms with Crippen LogP contribution in [0.5, 0.6) is 0 Å². The third-order valence-electron chi connectivity index (χ3n) is 4.42. The van der Waals surface area contributed by atoms with Crippen molar-refractivity contribution in [3.8, 4) is 0 Å². The Hall–Kier alpha value is -2.71. The fraction of sp³-hybridized carbons (Fsp3) is 0.250. The van der Waals surface area contributed by atoms with Gasteiger partial charge in [0.05, 0.1) is 19.6 Å². The van der Waals surface area contributed by atoms with Crippen LogP contribution in [0.3, 0.4) is 0 Å². The summed E-state index contributed by atoms with van der Waals surface area (Å²) in [6, 6.07) is 15.7. The Morgan fingerprint density at radius 3 is 1.89 bits per heavy atom. The lowest BCUT2D eigenvalue weighted by molar-refractivity contribution is -0.135. The number of nitrogens with one attached hydrogen (secondary N) is 1. The van der Waals surface area contributed by atoms with Gasteiger partial charge in [0.25, 0.3) is 0 Å². The second-order valence-corrected chi connectivity index (χ2v) is 6.02. The van der Waals surface area contributed by atoms with Gasteiger partial charge in [0.15, 0.2) is 22.9 Å². The number of carbonyl (C=O) groups excluding carboxylic acids is 3. The first-order valence-electron chi connectivity index (χ1n) is 8.59. The molecule has 2 aromatic rings. The lowest BCUT2D eigenvalue weighted by Gasteiger charge is -2.33. The molecule has 0 heterocycles. The maximum absolute atomic E-state index is 12.9. The number of rotatable bonds is 10. The Morgan fingerprint density at radius 2 is 1.33 bits per heavy atom. The Morgan fingerprint density at radius 1 is 0.778 bits per heavy atom. The minimum atomic E-state index is -1.82. The highest BCUT2D eigenvalue weighted by Crippen LogP contribution is 2.28. The smallest absolute Gasteiger partial charge is 0.178 e. The summed E-state index contributed by atoms with van der Waals surface area (Å²) in [7, 11) is 0. The lowest BCUT2D eigenvalue weighted by Crippen LogP contribution is -2.59. The van der Waals surface area contributed by atoms with Crippen molar-refractivity contribution in [2.24, 2.45) is 17.2 Å². The Kier molecular flexibility index (Phi) is 7.09. The van der Waals surface area contributed by atoms with Crippen LogP contribution >= 0.6 is 0 Å². The maximum Gasteiger partial charge on any atom is 0.178 e. The molecule has 142 valence electrons. The molecule has 0 atom stereocenters. The minimum absolute atomic E-state index is 0.198. The van der Waals surface area contributed by atoms with Crippen molar-refractivity contribution in [1.82, 2.24) is 5.32 Å². The number of ketones is 3. The van der Waals surface area contributed by atoms with Gasteiger partial charge in [-0.2, -0.15) is 0 Å². The van der Waals surface area contributed by atoms with E-state index in [9.17, 15) is 14.4 Å². The van der Waals surface area contributed by atoms with E-state index in [1.165, 1.54) is 6.07 Å². The molecule has 0 aliphatic heterocycles. The normalized spacial score (nSPS) is 11.2. The van der Waals surface area contributed by atoms with Crippen LogP contribution in [0.25, 0.3) is 0 Å². The molecular weight excluding hydrogens is 344 g/mol. The molecule has 2 rings (SSSR count). The van der Waals surface area contributed by atoms with Crippen molar-refractivity contribution in [2.45, 2.75) is 12.1 Å². The van der Waals surface area contributed by atoms with Gasteiger partial charge in [0, 0.05) is 12.1 Å². The van der Waals surface area contributed by atoms with Gasteiger partial charge in [-0.15, -0.1) is 0 Å². The molecule has 0 saturated carbocycles. The topological polar surface area (TPSA) is 141 Å². The summed E-state index contributed by atoms with van der Waals surface area (Å²) >= 11 is 0. The monoisotopic (exact) mass is 368 g/mol. The lowest BCUT2D eigenvalue weighted by atomic mass is 9.78. The van der Waals surface area contributed by atoms with E-state index >= 15 is 0 Å². The Bertz CT molecular complexity index is 805. The van der Waals surface area contributed by atoms with E-state index in [0.717, 1.165) is 5.56 Å². The van der Waals surface area contributed by atoms with E-state index in [-0.39, 0.29) is 30.0 Å². The molecule has 0 fully saturated rings. The highest BCUT2D eigenvalue weighted by molar-refractivity contribution is 6.15. The van der Waals surface area contributed by atoms with Crippen molar-refractivity contribution in [1.29, 1.82) is 0 Å². The number of benzene rings is 2. The molecule has 0 aliphatic carbocycles. The van der Waals surface area contributed by atoms with Crippen LogP contribution in [0, 0.1) is 0 Å². The van der Waals surface area contributed by atoms with E-state index in [1.807, 2.05) is 30.3 Å². The molecule has 7 N–H and O–H groups in total. The summed E-state index contributed by atoms with van der Waals surface area (Å²) in [4.78, 5) is 38.2. The zero-order valence-corrected chi connectivity index (χ0v) is 15.0. The fourth-order valence-corrected chi connectivity index (χ4v) is 3.05. The maximum atomic E-state index is 12.9. The average molecular weight is 368 g/mol. The van der Waals surface area contributed by atoms with E-state index < -0.39 is 30.2 Å². The molecular formula is C20H24N4O3. The standard InChI is InChI=1S/C20H24N4O3/c21-10-17(25)15-8-4-5-9-16(15)20(18(26)11-22,19(27)12-23)24-13-14-6-2-1-3-7-14/h1-9,24H,10-13,21-23H2. The zero-order chi connectivity index (χ0) is 19.9. The summed E-state index contributed by atoms with van der Waals surface area (Å²) in [5, 5.41) is 3.03. The van der Waals surface area contributed by atoms with Gasteiger partial charge in [0.2, 0.25) is 0 Å². The Balaban J connectivity index is 2.63. The highest BCUT2D eigenvalue weighted by atomic mass is 16.2. The minimum Gasteiger partial charge on any atom is -0.324 e. The van der Waals surface area contributed by atoms with Crippen molar-refractivity contribution in [2.75, 3.05) is 19.6 Å². The summed E-state index contributed by atoms with van der Waals surface area (Å²) in [5.41, 5.74) is 16.2. The second kappa shape index (κ2) is 9.29. The molecule has 0 aromatic heterocycles. The van der Waals surface area contributed by atoms with E-state index in [0.29, 0.717) is 0 Å². The van der Waals surface area contributed by atoms with Gasteiger partial charge in [-0.3, -0.25) is 19.7 Å². The molecule has 0 bridgehead atoms. The van der Waals surface area contributed by atoms with Crippen LogP contribution in [0.2, 0.25) is 0 Å². The molecule has 7 nitrogen and oxygen atoms in total. The highest BCUT2D eigenvalue weighted by Gasteiger charge is 2.46. The van der Waals surface area contributed by atoms with Crippen molar-refractivity contribution < 1.29 is 14.4 Å². The largest absolute Gasteiger partial charge is 0.324 e. The summed E-state index contributed by atoms with van der Waals surface area (Å²) in [6.45, 7) is -0.819. The van der Waals surface area contributed by atoms with Crippen LogP contribution in [0.15, 0.2) is 54.6 Å². The third-order valence-corrected chi connectivity index (χ3v) is 4.42. The molecule has 7 heteroatoms. The summed E-state index contributed by atoms with van der Waals surface area (Å²) in [6.07, 6.45) is 0. The van der Waals surface area contributed by atoms with Crippen molar-refractivity contribution in [3.05, 3.63) is 71.3 Å². The van der Waals surface area contributed by atoms with Crippen molar-refractivity contribution in [3.63, 3.8) is 0 Å². The number of nitrogens with two attached hydrogens (primary N) is 3. The van der Waals surface area contributed by atoms with Crippen LogP contribution in [-0.4, -0.2) is 37.0 Å². The number of carbonyl (C=O) groups is 3. The van der Waals surface area contributed by atoms with Crippen LogP contribution in [0.1, 0.15) is 21.5 Å². The first-order chi connectivity index (χ1) is 13.0. The molecule has 0 radical (unpaired) electrons. The Labute approximate surface area is 157 Å². The number of hydrogen-bond acceptors (Lipinski definition) is 7. The van der Waals surface area contributed by atoms with Crippen LogP contribution in [0.4, 0.5) is 0 Å². The molecule has 0 aliphatic rings. The molecule has 2 aromatic carbocycles. The third kappa shape index (κ3) is 4.17. The molecule has 0 amide bonds. The van der Waals surface area contributed by atoms with E-state index in [1.54, 1.807) is 18.2 Å². The van der Waals surface area contributed by atoms with Gasteiger partial charge in [0.1, 0.15) is 0 Å². The summed E-state index contributed by atoms with van der Waals surface area (Å²) < 4.78 is 0. The molecule has 0 saturated heterocycles. The van der Waals surface area contributed by atoms with Gasteiger partial charge in [-0.25, -0.2) is 0 Å². The predicted molar refractivity (Wildman–Crippen MR) is 103 cm³/mol. The predicted octanol–water partition coefficient (Wildman–Crippen LogP) is -0.131. The first-order valence-corrected chi connectivity index (χ1v) is 8.59. The van der Waals surface area contributed by atoms with Crippen LogP contribution in [-0.2, 0) is 21.7 Å². The first kappa shape index (κ1) is 20.6. The van der Waals surface area contributed by atoms with Gasteiger partial charge < -0.3 is 17.2 Å². The van der Waals surface area contributed by atoms with E-state index in [2.05, 4.69) is 5.32 Å². The molecule has 0 unspecified atom stereocenters. The quantitative estimate of drug-likeness (QED) is 0.338. The SMILES string of the molecule is NCC(=O)c1ccccc1C(NCc1ccccc1)(C(=O)CN)C(=O)CN. The fourth-order valence-electron chi connectivity index (χ4n) is 3.05. The number of hydrogen-bond donors (Lipinski definition) is 4. The van der Waals surface area contributed by atoms with Gasteiger partial charge >= 0.3 is 0 Å². The zero-order valence-electron chi connectivity index (χ0n) is 15.0. The van der Waals surface area contributed by atoms with E-state index in [4.69, 9.17) is 17.2 Å². The van der Waals surface area contributed by atoms with Gasteiger partial charge in [-0.1, -0.05) is 54.6 Å². The molecule has 0 spiro atoms. The van der Waals surface area contributed by atoms with Crippen molar-refractivity contribution >= 4 is 17.3 Å².